The topological polar surface area (TPSA) is 75.5 Å². The van der Waals surface area contributed by atoms with Gasteiger partial charge in [-0.3, -0.25) is 14.9 Å². The van der Waals surface area contributed by atoms with Crippen molar-refractivity contribution in [1.82, 2.24) is 0 Å². The molecule has 0 spiro atoms. The molecule has 21 heavy (non-hydrogen) atoms. The Balaban J connectivity index is 2.34. The lowest BCUT2D eigenvalue weighted by molar-refractivity contribution is -0.383. The molecule has 0 aliphatic rings. The zero-order chi connectivity index (χ0) is 15.4. The van der Waals surface area contributed by atoms with Gasteiger partial charge in [0.05, 0.1) is 4.92 Å². The van der Waals surface area contributed by atoms with Gasteiger partial charge in [-0.15, -0.1) is 0 Å². The first-order valence-electron chi connectivity index (χ1n) is 6.34. The molecule has 0 aliphatic carbocycles. The Kier molecular flexibility index (Phi) is 4.18. The van der Waals surface area contributed by atoms with Crippen LogP contribution in [0.2, 0.25) is 0 Å². The highest BCUT2D eigenvalue weighted by molar-refractivity contribution is 6.06. The van der Waals surface area contributed by atoms with Crippen LogP contribution in [0.4, 0.5) is 17.1 Å². The van der Waals surface area contributed by atoms with Gasteiger partial charge in [-0.1, -0.05) is 18.2 Å². The zero-order valence-corrected chi connectivity index (χ0v) is 11.7. The monoisotopic (exact) mass is 285 g/mol. The maximum atomic E-state index is 12.4. The molecule has 108 valence electrons. The number of carbonyl (C=O) groups is 1. The molecule has 0 fully saturated rings. The molecule has 1 N–H and O–H groups in total. The lowest BCUT2D eigenvalue weighted by Gasteiger charge is -2.17. The van der Waals surface area contributed by atoms with Gasteiger partial charge in [0.1, 0.15) is 5.69 Å². The predicted molar refractivity (Wildman–Crippen MR) is 81.8 cm³/mol. The van der Waals surface area contributed by atoms with Crippen LogP contribution in [0.15, 0.2) is 48.5 Å². The summed E-state index contributed by atoms with van der Waals surface area (Å²) in [5, 5.41) is 13.6. The first-order valence-corrected chi connectivity index (χ1v) is 6.34. The van der Waals surface area contributed by atoms with Crippen molar-refractivity contribution in [2.45, 2.75) is 0 Å². The highest BCUT2D eigenvalue weighted by atomic mass is 16.6. The number of hydrogen-bond donors (Lipinski definition) is 1. The average molecular weight is 285 g/mol. The molecule has 0 saturated heterocycles. The second-order valence-corrected chi connectivity index (χ2v) is 4.44. The van der Waals surface area contributed by atoms with Gasteiger partial charge in [0.25, 0.3) is 11.6 Å². The summed E-state index contributed by atoms with van der Waals surface area (Å²) in [5.41, 5.74) is 1.40. The van der Waals surface area contributed by atoms with Gasteiger partial charge in [0.2, 0.25) is 0 Å². The van der Waals surface area contributed by atoms with Crippen LogP contribution >= 0.6 is 0 Å². The van der Waals surface area contributed by atoms with Crippen molar-refractivity contribution in [3.63, 3.8) is 0 Å². The van der Waals surface area contributed by atoms with E-state index in [4.69, 9.17) is 0 Å². The van der Waals surface area contributed by atoms with E-state index in [1.165, 1.54) is 23.1 Å². The molecule has 0 saturated carbocycles. The van der Waals surface area contributed by atoms with Gasteiger partial charge < -0.3 is 10.2 Å². The molecule has 0 heterocycles. The summed E-state index contributed by atoms with van der Waals surface area (Å²) in [6.45, 7) is 0. The van der Waals surface area contributed by atoms with E-state index in [2.05, 4.69) is 5.32 Å². The number of hydrogen-bond acceptors (Lipinski definition) is 4. The summed E-state index contributed by atoms with van der Waals surface area (Å²) in [5.74, 6) is -0.229. The lowest BCUT2D eigenvalue weighted by atomic mass is 10.1. The minimum absolute atomic E-state index is 0.0589. The van der Waals surface area contributed by atoms with E-state index in [1.54, 1.807) is 14.1 Å². The second kappa shape index (κ2) is 6.04. The Morgan fingerprint density at radius 2 is 1.86 bits per heavy atom. The quantitative estimate of drug-likeness (QED) is 0.692. The normalized spacial score (nSPS) is 10.0. The highest BCUT2D eigenvalue weighted by Gasteiger charge is 2.18. The summed E-state index contributed by atoms with van der Waals surface area (Å²) >= 11 is 0. The van der Waals surface area contributed by atoms with E-state index >= 15 is 0 Å². The number of para-hydroxylation sites is 1. The van der Waals surface area contributed by atoms with E-state index < -0.39 is 4.92 Å². The third-order valence-electron chi connectivity index (χ3n) is 3.16. The lowest BCUT2D eigenvalue weighted by Crippen LogP contribution is -2.26. The molecule has 0 bridgehead atoms. The van der Waals surface area contributed by atoms with Crippen LogP contribution < -0.4 is 10.2 Å². The maximum absolute atomic E-state index is 12.4. The number of nitrogens with zero attached hydrogens (tertiary/aromatic N) is 2. The molecule has 0 unspecified atom stereocenters. The first kappa shape index (κ1) is 14.5. The number of benzene rings is 2. The van der Waals surface area contributed by atoms with Gasteiger partial charge in [-0.25, -0.2) is 0 Å². The molecule has 2 aromatic rings. The predicted octanol–water partition coefficient (Wildman–Crippen LogP) is 2.91. The maximum Gasteiger partial charge on any atom is 0.292 e. The van der Waals surface area contributed by atoms with Crippen molar-refractivity contribution in [2.75, 3.05) is 24.3 Å². The Morgan fingerprint density at radius 3 is 2.43 bits per heavy atom. The first-order chi connectivity index (χ1) is 10.0. The Labute approximate surface area is 122 Å². The van der Waals surface area contributed by atoms with Crippen molar-refractivity contribution >= 4 is 23.0 Å². The SMILES string of the molecule is CNc1cc(C(=O)N(C)c2ccccc2)ccc1[N+](=O)[O-]. The highest BCUT2D eigenvalue weighted by Crippen LogP contribution is 2.26. The van der Waals surface area contributed by atoms with Crippen LogP contribution in [0.25, 0.3) is 0 Å². The molecule has 2 aromatic carbocycles. The van der Waals surface area contributed by atoms with E-state index in [9.17, 15) is 14.9 Å². The van der Waals surface area contributed by atoms with Crippen LogP contribution in [-0.2, 0) is 0 Å². The third kappa shape index (κ3) is 3.00. The number of nitro benzene ring substituents is 1. The average Bonchev–Trinajstić information content (AvgIpc) is 2.53. The van der Waals surface area contributed by atoms with Gasteiger partial charge >= 0.3 is 0 Å². The smallest absolute Gasteiger partial charge is 0.292 e. The Morgan fingerprint density at radius 1 is 1.19 bits per heavy atom. The Bertz CT molecular complexity index is 671. The summed E-state index contributed by atoms with van der Waals surface area (Å²) in [6, 6.07) is 13.5. The molecule has 0 aromatic heterocycles. The Hall–Kier alpha value is -2.89. The third-order valence-corrected chi connectivity index (χ3v) is 3.16. The van der Waals surface area contributed by atoms with Crippen molar-refractivity contribution in [2.24, 2.45) is 0 Å². The van der Waals surface area contributed by atoms with Crippen LogP contribution in [0, 0.1) is 10.1 Å². The molecular weight excluding hydrogens is 270 g/mol. The van der Waals surface area contributed by atoms with Gasteiger partial charge in [0, 0.05) is 31.4 Å². The van der Waals surface area contributed by atoms with Crippen molar-refractivity contribution in [3.05, 3.63) is 64.2 Å². The molecular formula is C15H15N3O3. The summed E-state index contributed by atoms with van der Waals surface area (Å²) < 4.78 is 0. The standard InChI is InChI=1S/C15H15N3O3/c1-16-13-10-11(8-9-14(13)18(20)21)15(19)17(2)12-6-4-3-5-7-12/h3-10,16H,1-2H3. The van der Waals surface area contributed by atoms with E-state index in [-0.39, 0.29) is 11.6 Å². The van der Waals surface area contributed by atoms with Crippen LogP contribution in [-0.4, -0.2) is 24.9 Å². The number of anilines is 2. The van der Waals surface area contributed by atoms with Gasteiger partial charge in [-0.05, 0) is 24.3 Å². The fourth-order valence-electron chi connectivity index (χ4n) is 1.99. The van der Waals surface area contributed by atoms with Crippen LogP contribution in [0.1, 0.15) is 10.4 Å². The number of carbonyl (C=O) groups excluding carboxylic acids is 1. The van der Waals surface area contributed by atoms with Crippen LogP contribution in [0.5, 0.6) is 0 Å². The van der Waals surface area contributed by atoms with Crippen LogP contribution in [0.3, 0.4) is 0 Å². The van der Waals surface area contributed by atoms with Gasteiger partial charge in [0.15, 0.2) is 0 Å². The summed E-state index contributed by atoms with van der Waals surface area (Å²) in [7, 11) is 3.25. The number of nitro groups is 1. The van der Waals surface area contributed by atoms with Crippen molar-refractivity contribution in [1.29, 1.82) is 0 Å². The molecule has 6 heteroatoms. The van der Waals surface area contributed by atoms with E-state index in [0.29, 0.717) is 11.3 Å². The van der Waals surface area contributed by atoms with E-state index in [1.807, 2.05) is 30.3 Å². The summed E-state index contributed by atoms with van der Waals surface area (Å²) in [4.78, 5) is 24.3. The largest absolute Gasteiger partial charge is 0.383 e. The molecule has 2 rings (SSSR count). The molecule has 0 aliphatic heterocycles. The fraction of sp³-hybridized carbons (Fsp3) is 0.133. The molecule has 0 radical (unpaired) electrons. The van der Waals surface area contributed by atoms with Crippen molar-refractivity contribution < 1.29 is 9.72 Å². The molecule has 6 nitrogen and oxygen atoms in total. The molecule has 1 amide bonds. The number of rotatable bonds is 4. The van der Waals surface area contributed by atoms with E-state index in [0.717, 1.165) is 5.69 Å². The van der Waals surface area contributed by atoms with Crippen molar-refractivity contribution in [3.8, 4) is 0 Å². The fourth-order valence-corrected chi connectivity index (χ4v) is 1.99. The summed E-state index contributed by atoms with van der Waals surface area (Å²) in [6.07, 6.45) is 0. The molecule has 0 atom stereocenters. The zero-order valence-electron chi connectivity index (χ0n) is 11.7. The number of amides is 1. The minimum Gasteiger partial charge on any atom is -0.383 e. The second-order valence-electron chi connectivity index (χ2n) is 4.44. The number of nitrogens with one attached hydrogen (secondary N) is 1. The minimum atomic E-state index is -0.485. The van der Waals surface area contributed by atoms with Gasteiger partial charge in [-0.2, -0.15) is 0 Å².